The van der Waals surface area contributed by atoms with Crippen molar-refractivity contribution in [3.63, 3.8) is 0 Å². The highest BCUT2D eigenvalue weighted by Gasteiger charge is 2.20. The number of nitrogens with one attached hydrogen (secondary N) is 1. The Labute approximate surface area is 226 Å². The van der Waals surface area contributed by atoms with Crippen LogP contribution in [0.2, 0.25) is 0 Å². The molecule has 0 aromatic heterocycles. The Morgan fingerprint density at radius 3 is 2.50 bits per heavy atom. The molecule has 0 unspecified atom stereocenters. The number of nitrogens with zero attached hydrogens (tertiary/aromatic N) is 1. The number of rotatable bonds is 11. The van der Waals surface area contributed by atoms with Crippen molar-refractivity contribution in [3.8, 4) is 17.2 Å². The lowest BCUT2D eigenvalue weighted by Gasteiger charge is -2.12. The minimum Gasteiger partial charge on any atom is -0.490 e. The first kappa shape index (κ1) is 27.4. The van der Waals surface area contributed by atoms with Gasteiger partial charge in [-0.1, -0.05) is 46.8 Å². The lowest BCUT2D eigenvalue weighted by atomic mass is 10.2. The molecule has 0 fully saturated rings. The van der Waals surface area contributed by atoms with E-state index in [0.717, 1.165) is 0 Å². The second-order valence-electron chi connectivity index (χ2n) is 7.05. The fraction of sp³-hybridized carbons (Fsp3) is 0.120. The number of hydrogen-bond acceptors (Lipinski definition) is 7. The maximum atomic E-state index is 12.7. The molecule has 0 aliphatic rings. The second kappa shape index (κ2) is 12.7. The van der Waals surface area contributed by atoms with E-state index in [-0.39, 0.29) is 10.6 Å². The average molecular weight is 638 g/mol. The Morgan fingerprint density at radius 1 is 1.06 bits per heavy atom. The van der Waals surface area contributed by atoms with E-state index in [2.05, 4.69) is 49.0 Å². The lowest BCUT2D eigenvalue weighted by Crippen LogP contribution is -2.18. The van der Waals surface area contributed by atoms with Gasteiger partial charge in [0.05, 0.1) is 17.3 Å². The summed E-state index contributed by atoms with van der Waals surface area (Å²) in [5.41, 5.74) is 3.02. The fourth-order valence-corrected chi connectivity index (χ4v) is 5.36. The smallest absolute Gasteiger partial charge is 0.339 e. The van der Waals surface area contributed by atoms with Gasteiger partial charge < -0.3 is 13.7 Å². The van der Waals surface area contributed by atoms with Gasteiger partial charge in [0.15, 0.2) is 17.2 Å². The van der Waals surface area contributed by atoms with Crippen LogP contribution in [0.4, 0.5) is 0 Å². The van der Waals surface area contributed by atoms with Crippen molar-refractivity contribution in [3.05, 3.63) is 93.4 Å². The van der Waals surface area contributed by atoms with Gasteiger partial charge in [0.25, 0.3) is 5.91 Å². The van der Waals surface area contributed by atoms with Gasteiger partial charge in [-0.2, -0.15) is 13.5 Å². The van der Waals surface area contributed by atoms with Crippen molar-refractivity contribution < 1.29 is 26.9 Å². The van der Waals surface area contributed by atoms with Crippen molar-refractivity contribution in [2.45, 2.75) is 11.8 Å². The van der Waals surface area contributed by atoms with Crippen LogP contribution in [0.5, 0.6) is 17.2 Å². The number of hydrogen-bond donors (Lipinski definition) is 1. The van der Waals surface area contributed by atoms with Crippen LogP contribution in [0, 0.1) is 0 Å². The number of carbonyl (C=O) groups excluding carboxylic acids is 1. The molecule has 8 nitrogen and oxygen atoms in total. The summed E-state index contributed by atoms with van der Waals surface area (Å²) in [4.78, 5) is 12.7. The molecule has 11 heteroatoms. The van der Waals surface area contributed by atoms with Crippen molar-refractivity contribution in [1.82, 2.24) is 5.43 Å². The van der Waals surface area contributed by atoms with E-state index in [1.165, 1.54) is 18.3 Å². The molecule has 0 heterocycles. The Balaban J connectivity index is 1.82. The molecular formula is C25H22Br2N2O6S. The van der Waals surface area contributed by atoms with E-state index in [1.54, 1.807) is 54.6 Å². The summed E-state index contributed by atoms with van der Waals surface area (Å²) in [7, 11) is -4.10. The van der Waals surface area contributed by atoms with E-state index >= 15 is 0 Å². The van der Waals surface area contributed by atoms with E-state index in [1.807, 2.05) is 6.92 Å². The summed E-state index contributed by atoms with van der Waals surface area (Å²) in [6, 6.07) is 15.7. The molecule has 3 rings (SSSR count). The van der Waals surface area contributed by atoms with Crippen LogP contribution in [0.3, 0.4) is 0 Å². The Bertz CT molecular complexity index is 1380. The Hall–Kier alpha value is -3.15. The Kier molecular flexibility index (Phi) is 9.68. The number of hydrazone groups is 1. The zero-order valence-corrected chi connectivity index (χ0v) is 23.1. The van der Waals surface area contributed by atoms with E-state index in [9.17, 15) is 13.2 Å². The van der Waals surface area contributed by atoms with Crippen molar-refractivity contribution in [2.24, 2.45) is 5.10 Å². The van der Waals surface area contributed by atoms with Gasteiger partial charge in [0, 0.05) is 15.6 Å². The topological polar surface area (TPSA) is 103 Å². The molecule has 0 spiro atoms. The summed E-state index contributed by atoms with van der Waals surface area (Å²) in [6.45, 7) is 6.12. The highest BCUT2D eigenvalue weighted by atomic mass is 79.9. The summed E-state index contributed by atoms with van der Waals surface area (Å²) >= 11 is 6.69. The van der Waals surface area contributed by atoms with E-state index < -0.39 is 16.0 Å². The van der Waals surface area contributed by atoms with Crippen molar-refractivity contribution in [1.29, 1.82) is 0 Å². The average Bonchev–Trinajstić information content (AvgIpc) is 2.86. The first-order chi connectivity index (χ1) is 17.2. The fourth-order valence-electron chi connectivity index (χ4n) is 2.92. The minimum absolute atomic E-state index is 0.00151. The second-order valence-corrected chi connectivity index (χ2v) is 10.4. The molecule has 1 amide bonds. The summed E-state index contributed by atoms with van der Waals surface area (Å²) in [5, 5.41) is 3.98. The van der Waals surface area contributed by atoms with Gasteiger partial charge in [-0.05, 0) is 65.3 Å². The number of benzene rings is 3. The maximum Gasteiger partial charge on any atom is 0.339 e. The molecule has 0 bridgehead atoms. The minimum atomic E-state index is -4.10. The molecule has 0 radical (unpaired) electrons. The van der Waals surface area contributed by atoms with Crippen molar-refractivity contribution >= 4 is 54.1 Å². The molecule has 0 saturated carbocycles. The molecular weight excluding hydrogens is 616 g/mol. The van der Waals surface area contributed by atoms with Gasteiger partial charge in [-0.25, -0.2) is 5.43 Å². The normalized spacial score (nSPS) is 11.2. The van der Waals surface area contributed by atoms with E-state index in [4.69, 9.17) is 13.7 Å². The standard InChI is InChI=1S/C25H22Br2N2O6S/c1-3-12-34-22-11-10-17(14-23(22)33-4-2)25(30)29-28-16-18-13-19(26)15-21(27)24(18)35-36(31,32)20-8-6-5-7-9-20/h3,5-11,13-16H,1,4,12H2,2H3,(H,29,30)/b28-16+. The van der Waals surface area contributed by atoms with Crippen molar-refractivity contribution in [2.75, 3.05) is 13.2 Å². The van der Waals surface area contributed by atoms with Crippen LogP contribution in [0.25, 0.3) is 0 Å². The number of carbonyl (C=O) groups is 1. The monoisotopic (exact) mass is 636 g/mol. The summed E-state index contributed by atoms with van der Waals surface area (Å²) in [6.07, 6.45) is 2.89. The molecule has 3 aromatic carbocycles. The third-order valence-corrected chi connectivity index (χ3v) is 6.78. The maximum absolute atomic E-state index is 12.7. The van der Waals surface area contributed by atoms with Gasteiger partial charge in [0.2, 0.25) is 0 Å². The van der Waals surface area contributed by atoms with Gasteiger partial charge in [0.1, 0.15) is 11.5 Å². The lowest BCUT2D eigenvalue weighted by molar-refractivity contribution is 0.0954. The zero-order valence-electron chi connectivity index (χ0n) is 19.1. The van der Waals surface area contributed by atoms with Gasteiger partial charge >= 0.3 is 10.1 Å². The number of halogens is 2. The van der Waals surface area contributed by atoms with Crippen LogP contribution < -0.4 is 19.1 Å². The third-order valence-electron chi connectivity index (χ3n) is 4.49. The largest absolute Gasteiger partial charge is 0.490 e. The molecule has 0 atom stereocenters. The van der Waals surface area contributed by atoms with Crippen LogP contribution in [-0.2, 0) is 10.1 Å². The molecule has 1 N–H and O–H groups in total. The first-order valence-electron chi connectivity index (χ1n) is 10.6. The molecule has 36 heavy (non-hydrogen) atoms. The number of amides is 1. The van der Waals surface area contributed by atoms with Crippen LogP contribution >= 0.6 is 31.9 Å². The van der Waals surface area contributed by atoms with Gasteiger partial charge in [-0.3, -0.25) is 4.79 Å². The third kappa shape index (κ3) is 7.19. The highest BCUT2D eigenvalue weighted by Crippen LogP contribution is 2.34. The predicted octanol–water partition coefficient (Wildman–Crippen LogP) is 5.71. The van der Waals surface area contributed by atoms with Crippen LogP contribution in [0.15, 0.2) is 92.3 Å². The predicted molar refractivity (Wildman–Crippen MR) is 144 cm³/mol. The molecule has 0 saturated heterocycles. The molecule has 3 aromatic rings. The highest BCUT2D eigenvalue weighted by molar-refractivity contribution is 9.11. The molecule has 0 aliphatic carbocycles. The van der Waals surface area contributed by atoms with Crippen LogP contribution in [-0.4, -0.2) is 33.8 Å². The SMILES string of the molecule is C=CCOc1ccc(C(=O)N/N=C/c2cc(Br)cc(Br)c2OS(=O)(=O)c2ccccc2)cc1OCC. The molecule has 188 valence electrons. The quantitative estimate of drug-likeness (QED) is 0.125. The molecule has 0 aliphatic heterocycles. The first-order valence-corrected chi connectivity index (χ1v) is 13.6. The number of ether oxygens (including phenoxy) is 2. The zero-order chi connectivity index (χ0) is 26.1. The summed E-state index contributed by atoms with van der Waals surface area (Å²) < 4.78 is 43.0. The van der Waals surface area contributed by atoms with Crippen LogP contribution in [0.1, 0.15) is 22.8 Å². The Morgan fingerprint density at radius 2 is 1.81 bits per heavy atom. The van der Waals surface area contributed by atoms with Gasteiger partial charge in [-0.15, -0.1) is 0 Å². The van der Waals surface area contributed by atoms with E-state index in [0.29, 0.717) is 44.8 Å². The summed E-state index contributed by atoms with van der Waals surface area (Å²) in [5.74, 6) is 0.407.